The highest BCUT2D eigenvalue weighted by Crippen LogP contribution is 2.43. The van der Waals surface area contributed by atoms with E-state index in [0.29, 0.717) is 5.92 Å². The monoisotopic (exact) mass is 237 g/mol. The van der Waals surface area contributed by atoms with E-state index in [0.717, 1.165) is 16.5 Å². The molecule has 0 aliphatic heterocycles. The van der Waals surface area contributed by atoms with E-state index < -0.39 is 0 Å². The quantitative estimate of drug-likeness (QED) is 0.845. The van der Waals surface area contributed by atoms with Crippen LogP contribution < -0.4 is 5.73 Å². The molecule has 0 heterocycles. The molecule has 1 aliphatic rings. The molecule has 1 aliphatic carbocycles. The van der Waals surface area contributed by atoms with E-state index in [9.17, 15) is 0 Å². The van der Waals surface area contributed by atoms with Crippen molar-refractivity contribution in [2.45, 2.75) is 39.7 Å². The molecule has 0 spiro atoms. The Bertz CT molecular complexity index is 396. The van der Waals surface area contributed by atoms with E-state index in [4.69, 9.17) is 17.3 Å². The first kappa shape index (κ1) is 11.9. The highest BCUT2D eigenvalue weighted by molar-refractivity contribution is 6.31. The average Bonchev–Trinajstić information content (AvgIpc) is 3.05. The zero-order valence-electron chi connectivity index (χ0n) is 10.3. The Balaban J connectivity index is 2.28. The van der Waals surface area contributed by atoms with Gasteiger partial charge in [-0.05, 0) is 61.3 Å². The van der Waals surface area contributed by atoms with Crippen LogP contribution in [0.4, 0.5) is 0 Å². The minimum Gasteiger partial charge on any atom is -0.324 e. The summed E-state index contributed by atoms with van der Waals surface area (Å²) in [7, 11) is 0. The number of hydrogen-bond donors (Lipinski definition) is 1. The average molecular weight is 238 g/mol. The van der Waals surface area contributed by atoms with E-state index in [-0.39, 0.29) is 6.04 Å². The third-order valence-electron chi connectivity index (χ3n) is 3.90. The minimum absolute atomic E-state index is 0.0827. The Labute approximate surface area is 103 Å². The Morgan fingerprint density at radius 3 is 2.38 bits per heavy atom. The fraction of sp³-hybridized carbons (Fsp3) is 0.571. The Kier molecular flexibility index (Phi) is 3.27. The van der Waals surface area contributed by atoms with Crippen LogP contribution in [-0.4, -0.2) is 0 Å². The fourth-order valence-corrected chi connectivity index (χ4v) is 2.60. The van der Waals surface area contributed by atoms with Crippen LogP contribution in [0.2, 0.25) is 5.02 Å². The van der Waals surface area contributed by atoms with Crippen molar-refractivity contribution in [2.24, 2.45) is 17.6 Å². The van der Waals surface area contributed by atoms with Crippen molar-refractivity contribution < 1.29 is 0 Å². The molecule has 1 aromatic rings. The maximum atomic E-state index is 6.31. The van der Waals surface area contributed by atoms with Crippen LogP contribution in [0, 0.1) is 25.7 Å². The highest BCUT2D eigenvalue weighted by Gasteiger charge is 2.33. The maximum absolute atomic E-state index is 6.31. The third kappa shape index (κ3) is 2.26. The molecular formula is C14H20ClN. The summed E-state index contributed by atoms with van der Waals surface area (Å²) in [5.41, 5.74) is 9.94. The molecule has 1 aromatic carbocycles. The number of rotatable bonds is 3. The normalized spacial score (nSPS) is 19.6. The molecular weight excluding hydrogens is 218 g/mol. The molecule has 88 valence electrons. The zero-order chi connectivity index (χ0) is 11.9. The maximum Gasteiger partial charge on any atom is 0.0456 e. The van der Waals surface area contributed by atoms with Crippen molar-refractivity contribution in [1.29, 1.82) is 0 Å². The summed E-state index contributed by atoms with van der Waals surface area (Å²) in [6.45, 7) is 6.44. The lowest BCUT2D eigenvalue weighted by Gasteiger charge is -2.22. The van der Waals surface area contributed by atoms with Crippen molar-refractivity contribution in [2.75, 3.05) is 0 Å². The number of aryl methyl sites for hydroxylation is 2. The van der Waals surface area contributed by atoms with Gasteiger partial charge in [-0.2, -0.15) is 0 Å². The van der Waals surface area contributed by atoms with Gasteiger partial charge in [0.1, 0.15) is 0 Å². The van der Waals surface area contributed by atoms with Gasteiger partial charge in [-0.1, -0.05) is 24.6 Å². The summed E-state index contributed by atoms with van der Waals surface area (Å²) in [6, 6.07) is 4.27. The standard InChI is InChI=1S/C14H20ClN/c1-8-6-12(13(15)7-9(8)2)14(16)10(3)11-4-5-11/h6-7,10-11,14H,4-5,16H2,1-3H3. The number of benzene rings is 1. The second-order valence-corrected chi connectivity index (χ2v) is 5.59. The summed E-state index contributed by atoms with van der Waals surface area (Å²) in [5.74, 6) is 1.35. The van der Waals surface area contributed by atoms with Crippen molar-refractivity contribution in [3.8, 4) is 0 Å². The molecule has 0 radical (unpaired) electrons. The molecule has 0 amide bonds. The van der Waals surface area contributed by atoms with Crippen LogP contribution in [0.25, 0.3) is 0 Å². The SMILES string of the molecule is Cc1cc(Cl)c(C(N)C(C)C2CC2)cc1C. The van der Waals surface area contributed by atoms with Gasteiger partial charge < -0.3 is 5.73 Å². The van der Waals surface area contributed by atoms with E-state index in [1.54, 1.807) is 0 Å². The first-order valence-corrected chi connectivity index (χ1v) is 6.40. The predicted molar refractivity (Wildman–Crippen MR) is 69.7 cm³/mol. The summed E-state index contributed by atoms with van der Waals surface area (Å²) < 4.78 is 0. The van der Waals surface area contributed by atoms with Crippen molar-refractivity contribution in [1.82, 2.24) is 0 Å². The van der Waals surface area contributed by atoms with Crippen molar-refractivity contribution in [3.63, 3.8) is 0 Å². The van der Waals surface area contributed by atoms with Crippen LogP contribution in [0.1, 0.15) is 42.5 Å². The Hall–Kier alpha value is -0.530. The largest absolute Gasteiger partial charge is 0.324 e. The zero-order valence-corrected chi connectivity index (χ0v) is 11.0. The Morgan fingerprint density at radius 1 is 1.25 bits per heavy atom. The molecule has 2 unspecified atom stereocenters. The Morgan fingerprint density at radius 2 is 1.81 bits per heavy atom. The highest BCUT2D eigenvalue weighted by atomic mass is 35.5. The molecule has 0 bridgehead atoms. The lowest BCUT2D eigenvalue weighted by molar-refractivity contribution is 0.417. The number of halogens is 1. The fourth-order valence-electron chi connectivity index (χ4n) is 2.26. The van der Waals surface area contributed by atoms with E-state index in [1.807, 2.05) is 6.07 Å². The molecule has 0 saturated heterocycles. The molecule has 2 atom stereocenters. The van der Waals surface area contributed by atoms with Gasteiger partial charge in [0.25, 0.3) is 0 Å². The first-order valence-electron chi connectivity index (χ1n) is 6.03. The van der Waals surface area contributed by atoms with Gasteiger partial charge in [0.15, 0.2) is 0 Å². The van der Waals surface area contributed by atoms with Gasteiger partial charge in [0.2, 0.25) is 0 Å². The topological polar surface area (TPSA) is 26.0 Å². The van der Waals surface area contributed by atoms with Gasteiger partial charge in [0, 0.05) is 11.1 Å². The predicted octanol–water partition coefficient (Wildman–Crippen LogP) is 4.00. The summed E-state index contributed by atoms with van der Waals surface area (Å²) in [5, 5.41) is 0.822. The molecule has 2 rings (SSSR count). The third-order valence-corrected chi connectivity index (χ3v) is 4.23. The van der Waals surface area contributed by atoms with Gasteiger partial charge in [-0.25, -0.2) is 0 Å². The number of hydrogen-bond acceptors (Lipinski definition) is 1. The molecule has 0 aromatic heterocycles. The molecule has 1 nitrogen and oxygen atoms in total. The molecule has 16 heavy (non-hydrogen) atoms. The van der Waals surface area contributed by atoms with Gasteiger partial charge in [-0.15, -0.1) is 0 Å². The van der Waals surface area contributed by atoms with Crippen LogP contribution >= 0.6 is 11.6 Å². The molecule has 1 fully saturated rings. The first-order chi connectivity index (χ1) is 7.50. The van der Waals surface area contributed by atoms with E-state index >= 15 is 0 Å². The van der Waals surface area contributed by atoms with Crippen LogP contribution in [-0.2, 0) is 0 Å². The lowest BCUT2D eigenvalue weighted by atomic mass is 9.90. The van der Waals surface area contributed by atoms with Crippen LogP contribution in [0.5, 0.6) is 0 Å². The lowest BCUT2D eigenvalue weighted by Crippen LogP contribution is -2.21. The van der Waals surface area contributed by atoms with E-state index in [2.05, 4.69) is 26.8 Å². The summed E-state index contributed by atoms with van der Waals surface area (Å²) in [4.78, 5) is 0. The summed E-state index contributed by atoms with van der Waals surface area (Å²) in [6.07, 6.45) is 2.66. The van der Waals surface area contributed by atoms with Gasteiger partial charge >= 0.3 is 0 Å². The second kappa shape index (κ2) is 4.38. The van der Waals surface area contributed by atoms with E-state index in [1.165, 1.54) is 24.0 Å². The van der Waals surface area contributed by atoms with Crippen LogP contribution in [0.3, 0.4) is 0 Å². The smallest absolute Gasteiger partial charge is 0.0456 e. The van der Waals surface area contributed by atoms with Gasteiger partial charge in [0.05, 0.1) is 0 Å². The molecule has 2 N–H and O–H groups in total. The second-order valence-electron chi connectivity index (χ2n) is 5.18. The molecule has 2 heteroatoms. The number of nitrogens with two attached hydrogens (primary N) is 1. The van der Waals surface area contributed by atoms with Gasteiger partial charge in [-0.3, -0.25) is 0 Å². The van der Waals surface area contributed by atoms with Crippen LogP contribution in [0.15, 0.2) is 12.1 Å². The van der Waals surface area contributed by atoms with Crippen molar-refractivity contribution in [3.05, 3.63) is 33.8 Å². The summed E-state index contributed by atoms with van der Waals surface area (Å²) >= 11 is 6.29. The van der Waals surface area contributed by atoms with Crippen molar-refractivity contribution >= 4 is 11.6 Å². The minimum atomic E-state index is 0.0827. The molecule has 1 saturated carbocycles.